The van der Waals surface area contributed by atoms with Crippen molar-refractivity contribution in [2.45, 2.75) is 65.1 Å². The van der Waals surface area contributed by atoms with Gasteiger partial charge in [-0.2, -0.15) is 0 Å². The molecule has 0 aromatic carbocycles. The molecular weight excluding hydrogens is 766 g/mol. The first-order chi connectivity index (χ1) is 11.7. The maximum absolute atomic E-state index is 9.05. The van der Waals surface area contributed by atoms with Gasteiger partial charge in [0, 0.05) is 88.1 Å². The standard InChI is InChI=1S/C11H18O2.C11H18O.2Ac/c1-7-4-8(2)9(3)11(5-7)10(6-12)13-11;1-8-6-9(2)10(3)11(7-8)4-5-12;;/h7-8,10,12H,3-6H2,1-2H3;4,8-9,12H,3,5-7H2,1-2H3;;/b;11-4+;;/t7-,8-,10?,11?;8-,9-;;/m00../s1. The van der Waals surface area contributed by atoms with E-state index in [0.717, 1.165) is 18.8 Å². The van der Waals surface area contributed by atoms with Crippen molar-refractivity contribution in [3.8, 4) is 0 Å². The minimum atomic E-state index is -0.147. The Morgan fingerprint density at radius 3 is 2.15 bits per heavy atom. The molecule has 148 valence electrons. The molecule has 1 saturated heterocycles. The number of aliphatic hydroxyl groups is 2. The van der Waals surface area contributed by atoms with E-state index in [1.165, 1.54) is 29.6 Å². The van der Waals surface area contributed by atoms with Crippen LogP contribution in [0.1, 0.15) is 53.4 Å². The Hall–Kier alpha value is 1.98. The van der Waals surface area contributed by atoms with Crippen LogP contribution in [0.4, 0.5) is 0 Å². The third-order valence-corrected chi connectivity index (χ3v) is 6.20. The van der Waals surface area contributed by atoms with Gasteiger partial charge in [0.15, 0.2) is 0 Å². The molecule has 5 heteroatoms. The normalized spacial score (nSPS) is 39.2. The molecule has 1 aliphatic heterocycles. The summed E-state index contributed by atoms with van der Waals surface area (Å²) in [5.41, 5.74) is 3.54. The van der Waals surface area contributed by atoms with E-state index in [4.69, 9.17) is 14.9 Å². The zero-order valence-corrected chi connectivity index (χ0v) is 27.1. The van der Waals surface area contributed by atoms with Crippen LogP contribution in [0, 0.1) is 112 Å². The van der Waals surface area contributed by atoms with Crippen molar-refractivity contribution in [3.63, 3.8) is 0 Å². The summed E-state index contributed by atoms with van der Waals surface area (Å²) in [6.45, 7) is 17.4. The molecule has 0 aromatic heterocycles. The van der Waals surface area contributed by atoms with Crippen LogP contribution in [0.3, 0.4) is 0 Å². The third-order valence-electron chi connectivity index (χ3n) is 6.20. The zero-order chi connectivity index (χ0) is 18.8. The number of rotatable bonds is 2. The molecule has 3 fully saturated rings. The fourth-order valence-electron chi connectivity index (χ4n) is 4.74. The summed E-state index contributed by atoms with van der Waals surface area (Å²) in [6, 6.07) is 0. The number of aliphatic hydroxyl groups excluding tert-OH is 2. The van der Waals surface area contributed by atoms with Crippen molar-refractivity contribution < 1.29 is 103 Å². The predicted octanol–water partition coefficient (Wildman–Crippen LogP) is 4.27. The number of allylic oxidation sites excluding steroid dienone is 2. The first-order valence-corrected chi connectivity index (χ1v) is 9.72. The van der Waals surface area contributed by atoms with Gasteiger partial charge in [-0.25, -0.2) is 0 Å². The van der Waals surface area contributed by atoms with Crippen LogP contribution in [-0.2, 0) is 4.74 Å². The average molecular weight is 803 g/mol. The van der Waals surface area contributed by atoms with Crippen LogP contribution in [0.5, 0.6) is 0 Å². The Morgan fingerprint density at radius 2 is 1.63 bits per heavy atom. The van der Waals surface area contributed by atoms with Crippen LogP contribution < -0.4 is 0 Å². The molecule has 0 bridgehead atoms. The molecule has 3 aliphatic rings. The summed E-state index contributed by atoms with van der Waals surface area (Å²) in [5, 5.41) is 17.8. The van der Waals surface area contributed by atoms with E-state index >= 15 is 0 Å². The largest absolute Gasteiger partial charge is 0.394 e. The number of hydrogen-bond acceptors (Lipinski definition) is 3. The maximum atomic E-state index is 9.05. The summed E-state index contributed by atoms with van der Waals surface area (Å²) in [7, 11) is 0. The average Bonchev–Trinajstić information content (AvgIpc) is 3.24. The first kappa shape index (κ1) is 29.0. The summed E-state index contributed by atoms with van der Waals surface area (Å²) in [6.07, 6.45) is 6.51. The second kappa shape index (κ2) is 12.7. The minimum absolute atomic E-state index is 0. The van der Waals surface area contributed by atoms with Gasteiger partial charge in [0.25, 0.3) is 0 Å². The number of epoxide rings is 1. The monoisotopic (exact) mass is 802 g/mol. The van der Waals surface area contributed by atoms with Crippen LogP contribution in [0.15, 0.2) is 36.0 Å². The molecule has 2 N–H and O–H groups in total. The molecule has 2 unspecified atom stereocenters. The topological polar surface area (TPSA) is 53.0 Å². The van der Waals surface area contributed by atoms with Gasteiger partial charge < -0.3 is 14.9 Å². The first-order valence-electron chi connectivity index (χ1n) is 9.72. The summed E-state index contributed by atoms with van der Waals surface area (Å²) < 4.78 is 5.60. The molecule has 27 heavy (non-hydrogen) atoms. The second-order valence-corrected chi connectivity index (χ2v) is 8.53. The summed E-state index contributed by atoms with van der Waals surface area (Å²) >= 11 is 0. The fourth-order valence-corrected chi connectivity index (χ4v) is 4.74. The van der Waals surface area contributed by atoms with Gasteiger partial charge in [0.2, 0.25) is 0 Å². The molecule has 0 aromatic rings. The minimum Gasteiger partial charge on any atom is -0.394 e. The van der Waals surface area contributed by atoms with Crippen LogP contribution in [0.2, 0.25) is 0 Å². The molecule has 1 spiro atoms. The molecule has 2 radical (unpaired) electrons. The van der Waals surface area contributed by atoms with Crippen molar-refractivity contribution in [1.82, 2.24) is 0 Å². The van der Waals surface area contributed by atoms with E-state index in [2.05, 4.69) is 40.9 Å². The zero-order valence-electron chi connectivity index (χ0n) is 17.6. The maximum Gasteiger partial charge on any atom is 0.118 e. The molecule has 2 saturated carbocycles. The molecule has 2 aliphatic carbocycles. The second-order valence-electron chi connectivity index (χ2n) is 8.53. The Bertz CT molecular complexity index is 546. The van der Waals surface area contributed by atoms with Gasteiger partial charge >= 0.3 is 0 Å². The van der Waals surface area contributed by atoms with Gasteiger partial charge in [-0.05, 0) is 66.1 Å². The Labute approximate surface area is 237 Å². The Morgan fingerprint density at radius 1 is 1.04 bits per heavy atom. The van der Waals surface area contributed by atoms with Crippen LogP contribution in [-0.4, -0.2) is 35.1 Å². The van der Waals surface area contributed by atoms with Crippen molar-refractivity contribution in [1.29, 1.82) is 0 Å². The van der Waals surface area contributed by atoms with Crippen molar-refractivity contribution in [2.75, 3.05) is 13.2 Å². The van der Waals surface area contributed by atoms with E-state index in [1.54, 1.807) is 0 Å². The predicted molar refractivity (Wildman–Crippen MR) is 103 cm³/mol. The smallest absolute Gasteiger partial charge is 0.118 e. The molecular formula is C22H36Ac2O3. The molecule has 6 atom stereocenters. The van der Waals surface area contributed by atoms with Crippen LogP contribution in [0.25, 0.3) is 0 Å². The van der Waals surface area contributed by atoms with Crippen LogP contribution >= 0.6 is 0 Å². The quantitative estimate of drug-likeness (QED) is 0.325. The molecule has 3 rings (SSSR count). The van der Waals surface area contributed by atoms with Crippen molar-refractivity contribution in [3.05, 3.63) is 36.0 Å². The number of ether oxygens (including phenoxy) is 1. The van der Waals surface area contributed by atoms with E-state index in [-0.39, 0.29) is 113 Å². The Balaban J connectivity index is 0.000000468. The Kier molecular flexibility index (Phi) is 13.7. The molecule has 3 nitrogen and oxygen atoms in total. The van der Waals surface area contributed by atoms with Gasteiger partial charge in [0.1, 0.15) is 11.7 Å². The van der Waals surface area contributed by atoms with E-state index in [9.17, 15) is 0 Å². The van der Waals surface area contributed by atoms with E-state index in [1.807, 2.05) is 6.08 Å². The van der Waals surface area contributed by atoms with Gasteiger partial charge in [-0.1, -0.05) is 46.9 Å². The molecule has 1 heterocycles. The SMILES string of the molecule is C=C1/C(=C/CO)C[C@@H](C)C[C@@H]1C.C=C1[C@@H](C)C[C@H](C)CC12OC2CO.[Ac].[Ac]. The van der Waals surface area contributed by atoms with Crippen molar-refractivity contribution >= 4 is 0 Å². The van der Waals surface area contributed by atoms with Gasteiger partial charge in [0.05, 0.1) is 13.2 Å². The summed E-state index contributed by atoms with van der Waals surface area (Å²) in [4.78, 5) is 0. The fraction of sp³-hybridized carbons (Fsp3) is 0.727. The van der Waals surface area contributed by atoms with Gasteiger partial charge in [-0.15, -0.1) is 0 Å². The third kappa shape index (κ3) is 7.27. The summed E-state index contributed by atoms with van der Waals surface area (Å²) in [5.74, 6) is 2.56. The van der Waals surface area contributed by atoms with Crippen molar-refractivity contribution in [2.24, 2.45) is 23.7 Å². The van der Waals surface area contributed by atoms with E-state index in [0.29, 0.717) is 17.8 Å². The molecule has 0 amide bonds. The van der Waals surface area contributed by atoms with Gasteiger partial charge in [-0.3, -0.25) is 0 Å². The number of hydrogen-bond donors (Lipinski definition) is 2. The van der Waals surface area contributed by atoms with E-state index < -0.39 is 0 Å².